The van der Waals surface area contributed by atoms with Crippen LogP contribution in [0.2, 0.25) is 0 Å². The highest BCUT2D eigenvalue weighted by molar-refractivity contribution is 5.84. The summed E-state index contributed by atoms with van der Waals surface area (Å²) in [7, 11) is 0. The molecule has 0 unspecified atom stereocenters. The summed E-state index contributed by atoms with van der Waals surface area (Å²) in [6.45, 7) is 0.298. The van der Waals surface area contributed by atoms with Crippen LogP contribution in [-0.4, -0.2) is 9.97 Å². The fourth-order valence-electron chi connectivity index (χ4n) is 2.00. The van der Waals surface area contributed by atoms with E-state index in [9.17, 15) is 0 Å². The lowest BCUT2D eigenvalue weighted by Crippen LogP contribution is -2.00. The Morgan fingerprint density at radius 2 is 1.80 bits per heavy atom. The molecule has 0 bridgehead atoms. The molecule has 0 radical (unpaired) electrons. The zero-order valence-electron chi connectivity index (χ0n) is 10.7. The number of nitrogens with zero attached hydrogens (tertiary/aromatic N) is 3. The molecule has 1 aromatic carbocycles. The van der Waals surface area contributed by atoms with E-state index in [1.54, 1.807) is 18.5 Å². The first-order valence-corrected chi connectivity index (χ1v) is 6.19. The average Bonchev–Trinajstić information content (AvgIpc) is 2.53. The smallest absolute Gasteiger partial charge is 0.147 e. The maximum Gasteiger partial charge on any atom is 0.147 e. The van der Waals surface area contributed by atoms with Gasteiger partial charge in [-0.1, -0.05) is 24.3 Å². The highest BCUT2D eigenvalue weighted by Crippen LogP contribution is 2.24. The van der Waals surface area contributed by atoms with E-state index < -0.39 is 0 Å². The molecule has 4 heteroatoms. The molecule has 3 rings (SSSR count). The molecule has 96 valence electrons. The molecule has 0 amide bonds. The average molecular weight is 261 g/mol. The maximum absolute atomic E-state index is 9.01. The minimum Gasteiger partial charge on any atom is -0.487 e. The summed E-state index contributed by atoms with van der Waals surface area (Å²) in [6, 6.07) is 15.4. The summed E-state index contributed by atoms with van der Waals surface area (Å²) < 4.78 is 5.79. The van der Waals surface area contributed by atoms with Crippen molar-refractivity contribution in [2.45, 2.75) is 6.61 Å². The van der Waals surface area contributed by atoms with E-state index in [4.69, 9.17) is 10.00 Å². The molecule has 0 spiro atoms. The maximum atomic E-state index is 9.01. The van der Waals surface area contributed by atoms with Crippen molar-refractivity contribution in [1.82, 2.24) is 9.97 Å². The number of fused-ring (bicyclic) bond motifs is 1. The predicted molar refractivity (Wildman–Crippen MR) is 75.0 cm³/mol. The zero-order valence-corrected chi connectivity index (χ0v) is 10.7. The van der Waals surface area contributed by atoms with Gasteiger partial charge in [-0.05, 0) is 18.2 Å². The van der Waals surface area contributed by atoms with Crippen LogP contribution in [0.15, 0.2) is 54.9 Å². The van der Waals surface area contributed by atoms with E-state index in [0.717, 1.165) is 16.5 Å². The minimum atomic E-state index is 0.298. The molecule has 0 atom stereocenters. The van der Waals surface area contributed by atoms with Crippen LogP contribution in [-0.2, 0) is 6.61 Å². The lowest BCUT2D eigenvalue weighted by Gasteiger charge is -2.09. The van der Waals surface area contributed by atoms with Gasteiger partial charge in [-0.2, -0.15) is 5.26 Å². The van der Waals surface area contributed by atoms with E-state index in [1.807, 2.05) is 36.4 Å². The number of benzene rings is 1. The molecule has 3 aromatic rings. The number of rotatable bonds is 3. The number of aromatic nitrogens is 2. The van der Waals surface area contributed by atoms with Crippen LogP contribution in [0.4, 0.5) is 0 Å². The Kier molecular flexibility index (Phi) is 3.25. The van der Waals surface area contributed by atoms with Crippen molar-refractivity contribution in [3.05, 3.63) is 66.1 Å². The molecular formula is C16H11N3O. The first kappa shape index (κ1) is 12.1. The number of nitriles is 1. The summed E-state index contributed by atoms with van der Waals surface area (Å²) in [4.78, 5) is 8.35. The monoisotopic (exact) mass is 261 g/mol. The first-order chi connectivity index (χ1) is 9.88. The summed E-state index contributed by atoms with van der Waals surface area (Å²) >= 11 is 0. The normalized spacial score (nSPS) is 10.2. The lowest BCUT2D eigenvalue weighted by molar-refractivity contribution is 0.308. The van der Waals surface area contributed by atoms with Crippen molar-refractivity contribution in [2.75, 3.05) is 0 Å². The van der Waals surface area contributed by atoms with Gasteiger partial charge in [0.2, 0.25) is 0 Å². The number of hydrogen-bond acceptors (Lipinski definition) is 4. The van der Waals surface area contributed by atoms with Crippen LogP contribution >= 0.6 is 0 Å². The van der Waals surface area contributed by atoms with E-state index in [0.29, 0.717) is 18.1 Å². The van der Waals surface area contributed by atoms with Gasteiger partial charge in [-0.15, -0.1) is 0 Å². The molecule has 0 aliphatic rings. The Labute approximate surface area is 116 Å². The Bertz CT molecular complexity index is 788. The second-order valence-corrected chi connectivity index (χ2v) is 4.24. The number of pyridine rings is 2. The van der Waals surface area contributed by atoms with Gasteiger partial charge in [0.25, 0.3) is 0 Å². The lowest BCUT2D eigenvalue weighted by atomic mass is 10.2. The van der Waals surface area contributed by atoms with E-state index >= 15 is 0 Å². The van der Waals surface area contributed by atoms with Gasteiger partial charge in [0.15, 0.2) is 0 Å². The largest absolute Gasteiger partial charge is 0.487 e. The molecule has 0 N–H and O–H groups in total. The Morgan fingerprint density at radius 3 is 2.70 bits per heavy atom. The summed E-state index contributed by atoms with van der Waals surface area (Å²) in [6.07, 6.45) is 3.33. The van der Waals surface area contributed by atoms with Crippen LogP contribution in [0, 0.1) is 11.3 Å². The second kappa shape index (κ2) is 5.37. The molecule has 20 heavy (non-hydrogen) atoms. The van der Waals surface area contributed by atoms with E-state index in [1.165, 1.54) is 0 Å². The van der Waals surface area contributed by atoms with E-state index in [-0.39, 0.29) is 0 Å². The van der Waals surface area contributed by atoms with Crippen molar-refractivity contribution in [3.63, 3.8) is 0 Å². The quantitative estimate of drug-likeness (QED) is 0.727. The third-order valence-electron chi connectivity index (χ3n) is 2.98. The third kappa shape index (κ3) is 2.29. The highest BCUT2D eigenvalue weighted by Gasteiger charge is 2.06. The standard InChI is InChI=1S/C16H11N3O/c17-10-14-13(6-3-8-18-14)11-20-15-7-1-4-12-5-2-9-19-16(12)15/h1-9H,11H2. The molecule has 2 aromatic heterocycles. The van der Waals surface area contributed by atoms with Crippen LogP contribution in [0.1, 0.15) is 11.3 Å². The molecule has 0 aliphatic heterocycles. The number of hydrogen-bond donors (Lipinski definition) is 0. The van der Waals surface area contributed by atoms with Crippen molar-refractivity contribution < 1.29 is 4.74 Å². The second-order valence-electron chi connectivity index (χ2n) is 4.24. The molecule has 4 nitrogen and oxygen atoms in total. The van der Waals surface area contributed by atoms with E-state index in [2.05, 4.69) is 16.0 Å². The fraction of sp³-hybridized carbons (Fsp3) is 0.0625. The van der Waals surface area contributed by atoms with Gasteiger partial charge in [-0.25, -0.2) is 4.98 Å². The Balaban J connectivity index is 1.89. The summed E-state index contributed by atoms with van der Waals surface area (Å²) in [5.74, 6) is 0.704. The Morgan fingerprint density at radius 1 is 1.00 bits per heavy atom. The van der Waals surface area contributed by atoms with Gasteiger partial charge in [0, 0.05) is 23.3 Å². The SMILES string of the molecule is N#Cc1ncccc1COc1cccc2cccnc12. The molecule has 0 saturated carbocycles. The van der Waals surface area contributed by atoms with Gasteiger partial charge in [0.1, 0.15) is 29.6 Å². The minimum absolute atomic E-state index is 0.298. The zero-order chi connectivity index (χ0) is 13.8. The number of para-hydroxylation sites is 1. The van der Waals surface area contributed by atoms with Gasteiger partial charge in [-0.3, -0.25) is 4.98 Å². The fourth-order valence-corrected chi connectivity index (χ4v) is 2.00. The van der Waals surface area contributed by atoms with Gasteiger partial charge in [0.05, 0.1) is 0 Å². The van der Waals surface area contributed by atoms with Crippen LogP contribution < -0.4 is 4.74 Å². The topological polar surface area (TPSA) is 58.8 Å². The predicted octanol–water partition coefficient (Wildman–Crippen LogP) is 3.08. The van der Waals surface area contributed by atoms with Crippen molar-refractivity contribution >= 4 is 10.9 Å². The van der Waals surface area contributed by atoms with Gasteiger partial charge < -0.3 is 4.74 Å². The molecule has 0 fully saturated rings. The Hall–Kier alpha value is -2.93. The molecule has 2 heterocycles. The van der Waals surface area contributed by atoms with Crippen molar-refractivity contribution in [2.24, 2.45) is 0 Å². The van der Waals surface area contributed by atoms with Crippen LogP contribution in [0.3, 0.4) is 0 Å². The number of ether oxygens (including phenoxy) is 1. The van der Waals surface area contributed by atoms with Crippen LogP contribution in [0.5, 0.6) is 5.75 Å². The molecule has 0 aliphatic carbocycles. The molecular weight excluding hydrogens is 250 g/mol. The van der Waals surface area contributed by atoms with Crippen molar-refractivity contribution in [1.29, 1.82) is 5.26 Å². The third-order valence-corrected chi connectivity index (χ3v) is 2.98. The van der Waals surface area contributed by atoms with Gasteiger partial charge >= 0.3 is 0 Å². The highest BCUT2D eigenvalue weighted by atomic mass is 16.5. The first-order valence-electron chi connectivity index (χ1n) is 6.19. The summed E-state index contributed by atoms with van der Waals surface area (Å²) in [5, 5.41) is 10.0. The van der Waals surface area contributed by atoms with Crippen molar-refractivity contribution in [3.8, 4) is 11.8 Å². The summed E-state index contributed by atoms with van der Waals surface area (Å²) in [5.41, 5.74) is 1.97. The van der Waals surface area contributed by atoms with Crippen LogP contribution in [0.25, 0.3) is 10.9 Å². The molecule has 0 saturated heterocycles.